The standard InChI is InChI=1S/C16H27N3O/c1-14(17)16(15-6-3-2-4-7-15)19-9-5-8-18(10-11-19)12-13-20/h2-4,6-7,14,16,20H,5,8-13,17H2,1H3. The predicted octanol–water partition coefficient (Wildman–Crippen LogP) is 1.07. The Hall–Kier alpha value is -0.940. The van der Waals surface area contributed by atoms with E-state index in [1.807, 2.05) is 6.07 Å². The molecule has 1 heterocycles. The summed E-state index contributed by atoms with van der Waals surface area (Å²) in [5.74, 6) is 0. The van der Waals surface area contributed by atoms with Crippen molar-refractivity contribution >= 4 is 0 Å². The van der Waals surface area contributed by atoms with Gasteiger partial charge in [-0.25, -0.2) is 0 Å². The third kappa shape index (κ3) is 4.03. The lowest BCUT2D eigenvalue weighted by atomic mass is 9.99. The smallest absolute Gasteiger partial charge is 0.0558 e. The molecule has 4 heteroatoms. The number of aliphatic hydroxyl groups is 1. The van der Waals surface area contributed by atoms with Gasteiger partial charge in [0, 0.05) is 38.3 Å². The second kappa shape index (κ2) is 7.74. The minimum absolute atomic E-state index is 0.113. The molecule has 1 aromatic rings. The van der Waals surface area contributed by atoms with Crippen LogP contribution >= 0.6 is 0 Å². The zero-order chi connectivity index (χ0) is 14.4. The molecule has 0 saturated carbocycles. The maximum atomic E-state index is 9.08. The average molecular weight is 277 g/mol. The van der Waals surface area contributed by atoms with Crippen LogP contribution < -0.4 is 5.73 Å². The van der Waals surface area contributed by atoms with Gasteiger partial charge < -0.3 is 10.8 Å². The summed E-state index contributed by atoms with van der Waals surface area (Å²) in [6.45, 7) is 7.28. The van der Waals surface area contributed by atoms with E-state index in [4.69, 9.17) is 10.8 Å². The number of rotatable bonds is 5. The largest absolute Gasteiger partial charge is 0.395 e. The third-order valence-electron chi connectivity index (χ3n) is 4.07. The maximum absolute atomic E-state index is 9.08. The number of nitrogens with two attached hydrogens (primary N) is 1. The quantitative estimate of drug-likeness (QED) is 0.845. The normalized spacial score (nSPS) is 21.4. The SMILES string of the molecule is CC(N)C(c1ccccc1)N1CCCN(CCO)CC1. The summed E-state index contributed by atoms with van der Waals surface area (Å²) in [6.07, 6.45) is 1.13. The fourth-order valence-corrected chi connectivity index (χ4v) is 3.13. The molecule has 0 radical (unpaired) electrons. The zero-order valence-corrected chi connectivity index (χ0v) is 12.4. The highest BCUT2D eigenvalue weighted by Gasteiger charge is 2.25. The van der Waals surface area contributed by atoms with Crippen molar-refractivity contribution in [1.29, 1.82) is 0 Å². The molecule has 2 unspecified atom stereocenters. The van der Waals surface area contributed by atoms with E-state index < -0.39 is 0 Å². The summed E-state index contributed by atoms with van der Waals surface area (Å²) >= 11 is 0. The van der Waals surface area contributed by atoms with E-state index in [0.29, 0.717) is 0 Å². The van der Waals surface area contributed by atoms with Crippen molar-refractivity contribution in [3.05, 3.63) is 35.9 Å². The summed E-state index contributed by atoms with van der Waals surface area (Å²) in [7, 11) is 0. The van der Waals surface area contributed by atoms with E-state index in [-0.39, 0.29) is 18.7 Å². The van der Waals surface area contributed by atoms with E-state index in [9.17, 15) is 0 Å². The van der Waals surface area contributed by atoms with Crippen molar-refractivity contribution < 1.29 is 5.11 Å². The Morgan fingerprint density at radius 3 is 2.55 bits per heavy atom. The van der Waals surface area contributed by atoms with Crippen LogP contribution in [0.25, 0.3) is 0 Å². The van der Waals surface area contributed by atoms with Gasteiger partial charge in [0.1, 0.15) is 0 Å². The topological polar surface area (TPSA) is 52.7 Å². The fraction of sp³-hybridized carbons (Fsp3) is 0.625. The Morgan fingerprint density at radius 1 is 1.15 bits per heavy atom. The minimum atomic E-state index is 0.113. The average Bonchev–Trinajstić information content (AvgIpc) is 2.66. The molecule has 0 amide bonds. The summed E-state index contributed by atoms with van der Waals surface area (Å²) < 4.78 is 0. The summed E-state index contributed by atoms with van der Waals surface area (Å²) in [5, 5.41) is 9.08. The van der Waals surface area contributed by atoms with Crippen LogP contribution in [0.15, 0.2) is 30.3 Å². The zero-order valence-electron chi connectivity index (χ0n) is 12.4. The molecule has 0 aliphatic carbocycles. The molecule has 1 fully saturated rings. The van der Waals surface area contributed by atoms with E-state index in [0.717, 1.165) is 39.1 Å². The van der Waals surface area contributed by atoms with Crippen LogP contribution in [0.3, 0.4) is 0 Å². The van der Waals surface area contributed by atoms with Crippen molar-refractivity contribution in [3.63, 3.8) is 0 Å². The summed E-state index contributed by atoms with van der Waals surface area (Å²) in [6, 6.07) is 11.0. The Kier molecular flexibility index (Phi) is 5.98. The monoisotopic (exact) mass is 277 g/mol. The van der Waals surface area contributed by atoms with Crippen molar-refractivity contribution in [2.45, 2.75) is 25.4 Å². The van der Waals surface area contributed by atoms with Gasteiger partial charge in [-0.2, -0.15) is 0 Å². The van der Waals surface area contributed by atoms with Gasteiger partial charge >= 0.3 is 0 Å². The van der Waals surface area contributed by atoms with Gasteiger partial charge in [0.2, 0.25) is 0 Å². The summed E-state index contributed by atoms with van der Waals surface area (Å²) in [5.41, 5.74) is 7.55. The van der Waals surface area contributed by atoms with Crippen LogP contribution in [0.2, 0.25) is 0 Å². The second-order valence-electron chi connectivity index (χ2n) is 5.67. The lowest BCUT2D eigenvalue weighted by molar-refractivity contribution is 0.169. The predicted molar refractivity (Wildman–Crippen MR) is 82.5 cm³/mol. The van der Waals surface area contributed by atoms with E-state index in [1.54, 1.807) is 0 Å². The molecule has 20 heavy (non-hydrogen) atoms. The van der Waals surface area contributed by atoms with Crippen molar-refractivity contribution in [3.8, 4) is 0 Å². The van der Waals surface area contributed by atoms with E-state index >= 15 is 0 Å². The van der Waals surface area contributed by atoms with E-state index in [2.05, 4.69) is 41.0 Å². The van der Waals surface area contributed by atoms with Crippen LogP contribution in [0.5, 0.6) is 0 Å². The highest BCUT2D eigenvalue weighted by Crippen LogP contribution is 2.24. The number of nitrogens with zero attached hydrogens (tertiary/aromatic N) is 2. The fourth-order valence-electron chi connectivity index (χ4n) is 3.13. The molecular formula is C16H27N3O. The summed E-state index contributed by atoms with van der Waals surface area (Å²) in [4.78, 5) is 4.83. The molecule has 112 valence electrons. The molecule has 2 atom stereocenters. The Morgan fingerprint density at radius 2 is 1.90 bits per heavy atom. The maximum Gasteiger partial charge on any atom is 0.0558 e. The lowest BCUT2D eigenvalue weighted by Crippen LogP contribution is -2.41. The van der Waals surface area contributed by atoms with Gasteiger partial charge in [0.25, 0.3) is 0 Å². The molecule has 3 N–H and O–H groups in total. The van der Waals surface area contributed by atoms with Crippen LogP contribution in [-0.4, -0.2) is 60.3 Å². The van der Waals surface area contributed by atoms with Gasteiger partial charge in [0.05, 0.1) is 6.61 Å². The first-order valence-electron chi connectivity index (χ1n) is 7.60. The Bertz CT molecular complexity index is 383. The molecular weight excluding hydrogens is 250 g/mol. The highest BCUT2D eigenvalue weighted by molar-refractivity contribution is 5.20. The highest BCUT2D eigenvalue weighted by atomic mass is 16.3. The van der Waals surface area contributed by atoms with Crippen LogP contribution in [0.4, 0.5) is 0 Å². The van der Waals surface area contributed by atoms with Gasteiger partial charge in [-0.15, -0.1) is 0 Å². The molecule has 0 spiro atoms. The second-order valence-corrected chi connectivity index (χ2v) is 5.67. The number of hydrogen-bond acceptors (Lipinski definition) is 4. The van der Waals surface area contributed by atoms with Gasteiger partial charge in [-0.3, -0.25) is 9.80 Å². The minimum Gasteiger partial charge on any atom is -0.395 e. The first-order chi connectivity index (χ1) is 9.72. The van der Waals surface area contributed by atoms with Gasteiger partial charge in [0.15, 0.2) is 0 Å². The van der Waals surface area contributed by atoms with Crippen molar-refractivity contribution in [2.75, 3.05) is 39.3 Å². The third-order valence-corrected chi connectivity index (χ3v) is 4.07. The van der Waals surface area contributed by atoms with Crippen LogP contribution in [-0.2, 0) is 0 Å². The molecule has 0 bridgehead atoms. The van der Waals surface area contributed by atoms with Crippen molar-refractivity contribution in [1.82, 2.24) is 9.80 Å². The van der Waals surface area contributed by atoms with Crippen LogP contribution in [0, 0.1) is 0 Å². The molecule has 4 nitrogen and oxygen atoms in total. The van der Waals surface area contributed by atoms with Gasteiger partial charge in [-0.1, -0.05) is 30.3 Å². The molecule has 1 aliphatic rings. The first kappa shape index (κ1) is 15.4. The molecule has 1 aromatic carbocycles. The Labute approximate surface area is 122 Å². The van der Waals surface area contributed by atoms with Crippen molar-refractivity contribution in [2.24, 2.45) is 5.73 Å². The van der Waals surface area contributed by atoms with E-state index in [1.165, 1.54) is 5.56 Å². The van der Waals surface area contributed by atoms with Crippen LogP contribution in [0.1, 0.15) is 24.9 Å². The number of benzene rings is 1. The molecule has 0 aromatic heterocycles. The van der Waals surface area contributed by atoms with Gasteiger partial charge in [-0.05, 0) is 25.5 Å². The first-order valence-corrected chi connectivity index (χ1v) is 7.60. The number of β-amino-alcohol motifs (C(OH)–C–C–N with tert-alkyl or cyclic N) is 1. The molecule has 1 aliphatic heterocycles. The molecule has 1 saturated heterocycles. The number of hydrogen-bond donors (Lipinski definition) is 2. The number of aliphatic hydroxyl groups excluding tert-OH is 1. The Balaban J connectivity index is 2.07. The lowest BCUT2D eigenvalue weighted by Gasteiger charge is -2.33. The molecule has 2 rings (SSSR count).